The molecule has 0 radical (unpaired) electrons. The number of benzene rings is 1. The van der Waals surface area contributed by atoms with Gasteiger partial charge in [-0.25, -0.2) is 0 Å². The molecule has 0 aliphatic carbocycles. The number of nitrogens with one attached hydrogen (secondary N) is 1. The Balaban J connectivity index is 1.34. The molecule has 120 valence electrons. The number of nitrogens with zero attached hydrogens (tertiary/aromatic N) is 3. The maximum Gasteiger partial charge on any atom is 0.151 e. The number of anilines is 1. The van der Waals surface area contributed by atoms with Gasteiger partial charge >= 0.3 is 0 Å². The molecule has 1 fully saturated rings. The fourth-order valence-corrected chi connectivity index (χ4v) is 3.53. The van der Waals surface area contributed by atoms with Gasteiger partial charge in [-0.3, -0.25) is 0 Å². The van der Waals surface area contributed by atoms with Crippen LogP contribution >= 0.6 is 0 Å². The lowest BCUT2D eigenvalue weighted by Crippen LogP contribution is -2.38. The van der Waals surface area contributed by atoms with Gasteiger partial charge in [0.15, 0.2) is 5.82 Å². The zero-order valence-corrected chi connectivity index (χ0v) is 13.2. The van der Waals surface area contributed by atoms with Crippen molar-refractivity contribution in [1.29, 1.82) is 0 Å². The summed E-state index contributed by atoms with van der Waals surface area (Å²) >= 11 is 0. The van der Waals surface area contributed by atoms with Crippen LogP contribution in [0.2, 0.25) is 0 Å². The minimum Gasteiger partial charge on any atom is -0.493 e. The fraction of sp³-hybridized carbons (Fsp3) is 0.444. The first kappa shape index (κ1) is 14.5. The molecule has 2 aliphatic heterocycles. The van der Waals surface area contributed by atoms with Crippen molar-refractivity contribution in [3.63, 3.8) is 0 Å². The summed E-state index contributed by atoms with van der Waals surface area (Å²) in [5.41, 5.74) is 2.67. The van der Waals surface area contributed by atoms with E-state index < -0.39 is 0 Å². The van der Waals surface area contributed by atoms with Gasteiger partial charge in [0.1, 0.15) is 5.75 Å². The maximum atomic E-state index is 5.56. The molecule has 1 aromatic heterocycles. The molecule has 4 rings (SSSR count). The predicted molar refractivity (Wildman–Crippen MR) is 89.7 cm³/mol. The Labute approximate surface area is 136 Å². The molecule has 1 atom stereocenters. The number of ether oxygens (including phenoxy) is 1. The average molecular weight is 310 g/mol. The van der Waals surface area contributed by atoms with Crippen LogP contribution in [0.25, 0.3) is 0 Å². The van der Waals surface area contributed by atoms with E-state index in [1.165, 1.54) is 24.0 Å². The number of aromatic nitrogens is 2. The molecule has 0 bridgehead atoms. The molecule has 0 spiro atoms. The minimum atomic E-state index is 0.504. The van der Waals surface area contributed by atoms with Gasteiger partial charge in [0.2, 0.25) is 0 Å². The molecule has 5 heteroatoms. The lowest BCUT2D eigenvalue weighted by molar-refractivity contribution is 0.357. The van der Waals surface area contributed by atoms with E-state index in [0.717, 1.165) is 44.2 Å². The lowest BCUT2D eigenvalue weighted by Gasteiger charge is -2.25. The third-order valence-electron chi connectivity index (χ3n) is 4.69. The van der Waals surface area contributed by atoms with Crippen molar-refractivity contribution in [1.82, 2.24) is 15.5 Å². The van der Waals surface area contributed by atoms with Crippen molar-refractivity contribution >= 4 is 5.82 Å². The number of rotatable bonds is 5. The molecule has 1 N–H and O–H groups in total. The van der Waals surface area contributed by atoms with E-state index in [-0.39, 0.29) is 0 Å². The Hall–Kier alpha value is -2.14. The number of hydrogen-bond donors (Lipinski definition) is 1. The SMILES string of the molecule is c1cnnc(N2CCC[C@H]2CNCc2ccc3c(c2)CCO3)c1. The molecule has 0 unspecified atom stereocenters. The van der Waals surface area contributed by atoms with Crippen LogP contribution in [0.1, 0.15) is 24.0 Å². The van der Waals surface area contributed by atoms with Crippen molar-refractivity contribution in [3.05, 3.63) is 47.7 Å². The second kappa shape index (κ2) is 6.54. The van der Waals surface area contributed by atoms with Crippen molar-refractivity contribution in [3.8, 4) is 5.75 Å². The van der Waals surface area contributed by atoms with Gasteiger partial charge in [0.05, 0.1) is 6.61 Å². The molecule has 0 saturated carbocycles. The summed E-state index contributed by atoms with van der Waals surface area (Å²) in [6, 6.07) is 11.0. The summed E-state index contributed by atoms with van der Waals surface area (Å²) < 4.78 is 5.56. The highest BCUT2D eigenvalue weighted by atomic mass is 16.5. The van der Waals surface area contributed by atoms with E-state index in [1.54, 1.807) is 6.20 Å². The van der Waals surface area contributed by atoms with Gasteiger partial charge < -0.3 is 15.0 Å². The number of fused-ring (bicyclic) bond motifs is 1. The average Bonchev–Trinajstić information content (AvgIpc) is 3.24. The summed E-state index contributed by atoms with van der Waals surface area (Å²) in [5, 5.41) is 11.9. The lowest BCUT2D eigenvalue weighted by atomic mass is 10.1. The van der Waals surface area contributed by atoms with E-state index in [9.17, 15) is 0 Å². The molecule has 0 amide bonds. The second-order valence-corrected chi connectivity index (χ2v) is 6.24. The van der Waals surface area contributed by atoms with Crippen molar-refractivity contribution < 1.29 is 4.74 Å². The normalized spacial score (nSPS) is 19.7. The van der Waals surface area contributed by atoms with Crippen LogP contribution in [0.15, 0.2) is 36.5 Å². The van der Waals surface area contributed by atoms with Crippen molar-refractivity contribution in [2.45, 2.75) is 31.8 Å². The Kier molecular flexibility index (Phi) is 4.11. The highest BCUT2D eigenvalue weighted by molar-refractivity contribution is 5.40. The van der Waals surface area contributed by atoms with Crippen LogP contribution in [0.4, 0.5) is 5.82 Å². The van der Waals surface area contributed by atoms with E-state index in [2.05, 4.69) is 38.6 Å². The van der Waals surface area contributed by atoms with Crippen LogP contribution in [0.5, 0.6) is 5.75 Å². The predicted octanol–water partition coefficient (Wildman–Crippen LogP) is 2.17. The molecule has 5 nitrogen and oxygen atoms in total. The standard InChI is InChI=1S/C18H22N4O/c1-4-18(21-20-8-1)22-9-2-3-16(22)13-19-12-14-5-6-17-15(11-14)7-10-23-17/h1,4-6,8,11,16,19H,2-3,7,9-10,12-13H2/t16-/m0/s1. The molecule has 2 aliphatic rings. The molecular weight excluding hydrogens is 288 g/mol. The van der Waals surface area contributed by atoms with E-state index in [4.69, 9.17) is 4.74 Å². The third-order valence-corrected chi connectivity index (χ3v) is 4.69. The number of hydrogen-bond acceptors (Lipinski definition) is 5. The molecule has 23 heavy (non-hydrogen) atoms. The van der Waals surface area contributed by atoms with Crippen LogP contribution in [-0.2, 0) is 13.0 Å². The van der Waals surface area contributed by atoms with E-state index in [0.29, 0.717) is 6.04 Å². The molecular formula is C18H22N4O. The van der Waals surface area contributed by atoms with Gasteiger partial charge in [-0.05, 0) is 42.2 Å². The summed E-state index contributed by atoms with van der Waals surface area (Å²) in [6.07, 6.45) is 5.19. The smallest absolute Gasteiger partial charge is 0.151 e. The van der Waals surface area contributed by atoms with Gasteiger partial charge in [0.25, 0.3) is 0 Å². The Morgan fingerprint density at radius 1 is 1.30 bits per heavy atom. The van der Waals surface area contributed by atoms with Crippen LogP contribution in [0.3, 0.4) is 0 Å². The monoisotopic (exact) mass is 310 g/mol. The first-order chi connectivity index (χ1) is 11.4. The van der Waals surface area contributed by atoms with Crippen molar-refractivity contribution in [2.24, 2.45) is 0 Å². The molecule has 1 saturated heterocycles. The van der Waals surface area contributed by atoms with Crippen LogP contribution in [0, 0.1) is 0 Å². The summed E-state index contributed by atoms with van der Waals surface area (Å²) in [4.78, 5) is 2.37. The Morgan fingerprint density at radius 2 is 2.30 bits per heavy atom. The third kappa shape index (κ3) is 3.15. The van der Waals surface area contributed by atoms with Gasteiger partial charge in [-0.2, -0.15) is 5.10 Å². The zero-order valence-electron chi connectivity index (χ0n) is 13.2. The Morgan fingerprint density at radius 3 is 3.22 bits per heavy atom. The second-order valence-electron chi connectivity index (χ2n) is 6.24. The quantitative estimate of drug-likeness (QED) is 0.917. The van der Waals surface area contributed by atoms with Gasteiger partial charge in [-0.1, -0.05) is 12.1 Å². The first-order valence-corrected chi connectivity index (χ1v) is 8.40. The molecule has 1 aromatic carbocycles. The van der Waals surface area contributed by atoms with Gasteiger partial charge in [0, 0.05) is 38.3 Å². The van der Waals surface area contributed by atoms with Crippen LogP contribution in [-0.4, -0.2) is 35.9 Å². The Bertz CT molecular complexity index is 661. The van der Waals surface area contributed by atoms with Crippen LogP contribution < -0.4 is 15.0 Å². The van der Waals surface area contributed by atoms with E-state index in [1.807, 2.05) is 12.1 Å². The first-order valence-electron chi connectivity index (χ1n) is 8.40. The molecule has 2 aromatic rings. The zero-order chi connectivity index (χ0) is 15.5. The highest BCUT2D eigenvalue weighted by Gasteiger charge is 2.25. The summed E-state index contributed by atoms with van der Waals surface area (Å²) in [5.74, 6) is 2.05. The summed E-state index contributed by atoms with van der Waals surface area (Å²) in [6.45, 7) is 3.77. The van der Waals surface area contributed by atoms with E-state index >= 15 is 0 Å². The highest BCUT2D eigenvalue weighted by Crippen LogP contribution is 2.26. The minimum absolute atomic E-state index is 0.504. The largest absolute Gasteiger partial charge is 0.493 e. The summed E-state index contributed by atoms with van der Waals surface area (Å²) in [7, 11) is 0. The fourth-order valence-electron chi connectivity index (χ4n) is 3.53. The van der Waals surface area contributed by atoms with Crippen molar-refractivity contribution in [2.75, 3.05) is 24.6 Å². The molecule has 3 heterocycles. The maximum absolute atomic E-state index is 5.56. The van der Waals surface area contributed by atoms with Gasteiger partial charge in [-0.15, -0.1) is 5.10 Å². The topological polar surface area (TPSA) is 50.3 Å².